The summed E-state index contributed by atoms with van der Waals surface area (Å²) < 4.78 is 23.3. The van der Waals surface area contributed by atoms with Crippen LogP contribution in [0, 0.1) is 0 Å². The summed E-state index contributed by atoms with van der Waals surface area (Å²) in [6.07, 6.45) is 2.60. The summed E-state index contributed by atoms with van der Waals surface area (Å²) in [7, 11) is -2.87. The minimum absolute atomic E-state index is 0.0670. The van der Waals surface area contributed by atoms with Gasteiger partial charge >= 0.3 is 0 Å². The van der Waals surface area contributed by atoms with Crippen LogP contribution in [0.25, 0.3) is 0 Å². The highest BCUT2D eigenvalue weighted by Gasteiger charge is 2.34. The predicted molar refractivity (Wildman–Crippen MR) is 67.1 cm³/mol. The molecule has 1 unspecified atom stereocenters. The number of rotatable bonds is 0. The van der Waals surface area contributed by atoms with Gasteiger partial charge in [0.05, 0.1) is 17.2 Å². The van der Waals surface area contributed by atoms with Crippen molar-refractivity contribution in [3.63, 3.8) is 0 Å². The topological polar surface area (TPSA) is 62.3 Å². The molecule has 1 fully saturated rings. The van der Waals surface area contributed by atoms with Gasteiger partial charge in [0.25, 0.3) is 0 Å². The SMILES string of the molecule is O=S1(=O)CCN2c3ncccc3NCCC2C1. The molecule has 0 spiro atoms. The molecular formula is C11H15N3O2S. The molecule has 2 aliphatic rings. The van der Waals surface area contributed by atoms with Crippen molar-refractivity contribution in [3.8, 4) is 0 Å². The summed E-state index contributed by atoms with van der Waals surface area (Å²) in [4.78, 5) is 6.52. The second kappa shape index (κ2) is 3.87. The van der Waals surface area contributed by atoms with E-state index in [-0.39, 0.29) is 17.5 Å². The van der Waals surface area contributed by atoms with Crippen LogP contribution in [0.4, 0.5) is 11.5 Å². The van der Waals surface area contributed by atoms with E-state index in [0.29, 0.717) is 6.54 Å². The largest absolute Gasteiger partial charge is 0.382 e. The second-order valence-corrected chi connectivity index (χ2v) is 6.78. The molecule has 0 saturated carbocycles. The van der Waals surface area contributed by atoms with Gasteiger partial charge in [-0.3, -0.25) is 0 Å². The number of anilines is 2. The minimum Gasteiger partial charge on any atom is -0.382 e. The Kier molecular flexibility index (Phi) is 2.47. The first-order valence-electron chi connectivity index (χ1n) is 5.82. The van der Waals surface area contributed by atoms with E-state index in [9.17, 15) is 8.42 Å². The van der Waals surface area contributed by atoms with Crippen LogP contribution in [-0.4, -0.2) is 44.0 Å². The molecule has 6 heteroatoms. The zero-order chi connectivity index (χ0) is 11.9. The Morgan fingerprint density at radius 1 is 1.47 bits per heavy atom. The lowest BCUT2D eigenvalue weighted by Crippen LogP contribution is -2.48. The maximum atomic E-state index is 11.7. The first-order valence-corrected chi connectivity index (χ1v) is 7.64. The first-order chi connectivity index (χ1) is 8.16. The van der Waals surface area contributed by atoms with Crippen LogP contribution in [-0.2, 0) is 9.84 Å². The first kappa shape index (κ1) is 10.8. The van der Waals surface area contributed by atoms with E-state index < -0.39 is 9.84 Å². The third kappa shape index (κ3) is 1.97. The van der Waals surface area contributed by atoms with Gasteiger partial charge in [0.15, 0.2) is 15.7 Å². The van der Waals surface area contributed by atoms with E-state index in [0.717, 1.165) is 24.5 Å². The van der Waals surface area contributed by atoms with Gasteiger partial charge in [0.1, 0.15) is 0 Å². The van der Waals surface area contributed by atoms with Crippen molar-refractivity contribution in [2.75, 3.05) is 34.8 Å². The number of aromatic nitrogens is 1. The fraction of sp³-hybridized carbons (Fsp3) is 0.545. The van der Waals surface area contributed by atoms with Crippen molar-refractivity contribution < 1.29 is 8.42 Å². The lowest BCUT2D eigenvalue weighted by molar-refractivity contribution is 0.548. The van der Waals surface area contributed by atoms with E-state index >= 15 is 0 Å². The molecule has 5 nitrogen and oxygen atoms in total. The van der Waals surface area contributed by atoms with Crippen molar-refractivity contribution in [2.45, 2.75) is 12.5 Å². The molecule has 1 N–H and O–H groups in total. The maximum absolute atomic E-state index is 11.7. The van der Waals surface area contributed by atoms with Gasteiger partial charge in [-0.25, -0.2) is 13.4 Å². The van der Waals surface area contributed by atoms with Crippen LogP contribution in [0.3, 0.4) is 0 Å². The summed E-state index contributed by atoms with van der Waals surface area (Å²) >= 11 is 0. The molecule has 0 amide bonds. The Labute approximate surface area is 101 Å². The van der Waals surface area contributed by atoms with Gasteiger partial charge in [-0.1, -0.05) is 0 Å². The zero-order valence-corrected chi connectivity index (χ0v) is 10.3. The molecule has 17 heavy (non-hydrogen) atoms. The monoisotopic (exact) mass is 253 g/mol. The highest BCUT2D eigenvalue weighted by atomic mass is 32.2. The number of hydrogen-bond acceptors (Lipinski definition) is 5. The van der Waals surface area contributed by atoms with Crippen molar-refractivity contribution in [1.82, 2.24) is 4.98 Å². The Balaban J connectivity index is 1.99. The molecule has 0 bridgehead atoms. The average Bonchev–Trinajstić information content (AvgIpc) is 2.46. The molecule has 3 heterocycles. The summed E-state index contributed by atoms with van der Waals surface area (Å²) in [5.74, 6) is 1.38. The Bertz CT molecular complexity index is 529. The van der Waals surface area contributed by atoms with Crippen LogP contribution in [0.2, 0.25) is 0 Å². The number of sulfone groups is 1. The molecule has 1 aromatic rings. The highest BCUT2D eigenvalue weighted by molar-refractivity contribution is 7.91. The summed E-state index contributed by atoms with van der Waals surface area (Å²) in [5, 5.41) is 3.31. The minimum atomic E-state index is -2.87. The van der Waals surface area contributed by atoms with E-state index in [4.69, 9.17) is 0 Å². The molecule has 3 rings (SSSR count). The van der Waals surface area contributed by atoms with Crippen LogP contribution in [0.5, 0.6) is 0 Å². The highest BCUT2D eigenvalue weighted by Crippen LogP contribution is 2.30. The zero-order valence-electron chi connectivity index (χ0n) is 9.46. The van der Waals surface area contributed by atoms with Gasteiger partial charge in [-0.15, -0.1) is 0 Å². The lowest BCUT2D eigenvalue weighted by atomic mass is 10.2. The average molecular weight is 253 g/mol. The number of fused-ring (bicyclic) bond motifs is 3. The lowest BCUT2D eigenvalue weighted by Gasteiger charge is -2.35. The van der Waals surface area contributed by atoms with Crippen LogP contribution in [0.1, 0.15) is 6.42 Å². The molecule has 1 saturated heterocycles. The van der Waals surface area contributed by atoms with Crippen LogP contribution < -0.4 is 10.2 Å². The van der Waals surface area contributed by atoms with Crippen molar-refractivity contribution >= 4 is 21.3 Å². The smallest absolute Gasteiger partial charge is 0.154 e. The third-order valence-electron chi connectivity index (χ3n) is 3.38. The van der Waals surface area contributed by atoms with Gasteiger partial charge in [-0.2, -0.15) is 0 Å². The molecule has 0 aromatic carbocycles. The molecule has 1 atom stereocenters. The quantitative estimate of drug-likeness (QED) is 0.729. The second-order valence-electron chi connectivity index (χ2n) is 4.55. The summed E-state index contributed by atoms with van der Waals surface area (Å²) in [6, 6.07) is 3.96. The molecule has 92 valence electrons. The number of nitrogens with zero attached hydrogens (tertiary/aromatic N) is 2. The standard InChI is InChI=1S/C11H15N3O2S/c15-17(16)7-6-14-9(8-17)3-5-12-10-2-1-4-13-11(10)14/h1-2,4,9,12H,3,5-8H2. The molecule has 2 aliphatic heterocycles. The summed E-state index contributed by atoms with van der Waals surface area (Å²) in [5.41, 5.74) is 1.01. The normalized spacial score (nSPS) is 26.4. The predicted octanol–water partition coefficient (Wildman–Crippen LogP) is 0.501. The molecule has 0 radical (unpaired) electrons. The van der Waals surface area contributed by atoms with Gasteiger partial charge < -0.3 is 10.2 Å². The molecule has 0 aliphatic carbocycles. The van der Waals surface area contributed by atoms with Crippen molar-refractivity contribution in [1.29, 1.82) is 0 Å². The fourth-order valence-corrected chi connectivity index (χ4v) is 4.12. The van der Waals surface area contributed by atoms with Crippen molar-refractivity contribution in [3.05, 3.63) is 18.3 Å². The molecular weight excluding hydrogens is 238 g/mol. The third-order valence-corrected chi connectivity index (χ3v) is 5.08. The Hall–Kier alpha value is -1.30. The number of pyridine rings is 1. The van der Waals surface area contributed by atoms with Crippen molar-refractivity contribution in [2.24, 2.45) is 0 Å². The Morgan fingerprint density at radius 3 is 3.24 bits per heavy atom. The van der Waals surface area contributed by atoms with Crippen LogP contribution in [0.15, 0.2) is 18.3 Å². The van der Waals surface area contributed by atoms with Gasteiger partial charge in [0.2, 0.25) is 0 Å². The van der Waals surface area contributed by atoms with E-state index in [1.165, 1.54) is 0 Å². The van der Waals surface area contributed by atoms with Gasteiger partial charge in [-0.05, 0) is 18.6 Å². The van der Waals surface area contributed by atoms with E-state index in [2.05, 4.69) is 15.2 Å². The maximum Gasteiger partial charge on any atom is 0.154 e. The van der Waals surface area contributed by atoms with E-state index in [1.54, 1.807) is 6.20 Å². The number of nitrogens with one attached hydrogen (secondary N) is 1. The van der Waals surface area contributed by atoms with E-state index in [1.807, 2.05) is 12.1 Å². The van der Waals surface area contributed by atoms with Crippen LogP contribution >= 0.6 is 0 Å². The fourth-order valence-electron chi connectivity index (χ4n) is 2.54. The molecule has 1 aromatic heterocycles. The summed E-state index contributed by atoms with van der Waals surface area (Å²) in [6.45, 7) is 1.36. The number of hydrogen-bond donors (Lipinski definition) is 1. The Morgan fingerprint density at radius 2 is 2.35 bits per heavy atom. The van der Waals surface area contributed by atoms with Gasteiger partial charge in [0, 0.05) is 25.3 Å².